The molecule has 0 saturated carbocycles. The third-order valence-electron chi connectivity index (χ3n) is 3.99. The van der Waals surface area contributed by atoms with Crippen LogP contribution >= 0.6 is 11.6 Å². The predicted octanol–water partition coefficient (Wildman–Crippen LogP) is 2.96. The van der Waals surface area contributed by atoms with Crippen molar-refractivity contribution in [1.82, 2.24) is 10.2 Å². The molecule has 1 aromatic rings. The molecule has 2 rings (SSSR count). The van der Waals surface area contributed by atoms with Crippen LogP contribution in [0.15, 0.2) is 18.2 Å². The van der Waals surface area contributed by atoms with E-state index in [-0.39, 0.29) is 16.6 Å². The number of amides is 1. The minimum atomic E-state index is -0.596. The number of ether oxygens (including phenoxy) is 1. The van der Waals surface area contributed by atoms with Crippen LogP contribution in [-0.4, -0.2) is 49.7 Å². The van der Waals surface area contributed by atoms with Crippen LogP contribution in [0, 0.1) is 11.7 Å². The van der Waals surface area contributed by atoms with Gasteiger partial charge in [0.1, 0.15) is 5.82 Å². The molecule has 0 bridgehead atoms. The molecular weight excluding hydrogens is 319 g/mol. The fourth-order valence-electron chi connectivity index (χ4n) is 2.86. The Balaban J connectivity index is 2.00. The van der Waals surface area contributed by atoms with Gasteiger partial charge in [-0.1, -0.05) is 31.5 Å². The van der Waals surface area contributed by atoms with E-state index in [9.17, 15) is 9.18 Å². The van der Waals surface area contributed by atoms with E-state index < -0.39 is 11.7 Å². The summed E-state index contributed by atoms with van der Waals surface area (Å²) in [7, 11) is 0. The maximum Gasteiger partial charge on any atom is 0.255 e. The molecule has 1 unspecified atom stereocenters. The molecule has 1 heterocycles. The van der Waals surface area contributed by atoms with Crippen molar-refractivity contribution < 1.29 is 13.9 Å². The first-order valence-corrected chi connectivity index (χ1v) is 8.41. The van der Waals surface area contributed by atoms with Gasteiger partial charge in [-0.3, -0.25) is 9.69 Å². The quantitative estimate of drug-likeness (QED) is 0.864. The van der Waals surface area contributed by atoms with Crippen molar-refractivity contribution in [3.8, 4) is 0 Å². The highest BCUT2D eigenvalue weighted by atomic mass is 35.5. The molecule has 1 saturated heterocycles. The van der Waals surface area contributed by atoms with Crippen LogP contribution in [0.4, 0.5) is 4.39 Å². The molecule has 1 aliphatic heterocycles. The number of benzene rings is 1. The predicted molar refractivity (Wildman–Crippen MR) is 89.4 cm³/mol. The van der Waals surface area contributed by atoms with Crippen LogP contribution in [0.2, 0.25) is 5.02 Å². The smallest absolute Gasteiger partial charge is 0.255 e. The highest BCUT2D eigenvalue weighted by molar-refractivity contribution is 6.33. The van der Waals surface area contributed by atoms with Gasteiger partial charge in [-0.15, -0.1) is 0 Å². The van der Waals surface area contributed by atoms with E-state index in [2.05, 4.69) is 24.1 Å². The molecule has 1 aliphatic rings. The van der Waals surface area contributed by atoms with Crippen LogP contribution in [0.3, 0.4) is 0 Å². The lowest BCUT2D eigenvalue weighted by atomic mass is 10.0. The number of carbonyl (C=O) groups excluding carboxylic acids is 1. The van der Waals surface area contributed by atoms with Gasteiger partial charge in [-0.2, -0.15) is 0 Å². The van der Waals surface area contributed by atoms with Crippen molar-refractivity contribution >= 4 is 17.5 Å². The first kappa shape index (κ1) is 18.2. The Labute approximate surface area is 141 Å². The molecule has 1 fully saturated rings. The van der Waals surface area contributed by atoms with E-state index in [0.717, 1.165) is 19.5 Å². The zero-order valence-electron chi connectivity index (χ0n) is 13.6. The first-order chi connectivity index (χ1) is 11.0. The van der Waals surface area contributed by atoms with Gasteiger partial charge in [-0.05, 0) is 24.5 Å². The Bertz CT molecular complexity index is 513. The molecule has 1 aromatic carbocycles. The molecule has 1 atom stereocenters. The summed E-state index contributed by atoms with van der Waals surface area (Å²) in [6, 6.07) is 4.47. The van der Waals surface area contributed by atoms with E-state index >= 15 is 0 Å². The number of hydrogen-bond acceptors (Lipinski definition) is 3. The number of nitrogens with zero attached hydrogens (tertiary/aromatic N) is 1. The number of rotatable bonds is 6. The van der Waals surface area contributed by atoms with Gasteiger partial charge in [-0.25, -0.2) is 4.39 Å². The van der Waals surface area contributed by atoms with Gasteiger partial charge in [0, 0.05) is 25.7 Å². The molecule has 0 spiro atoms. The molecule has 1 amide bonds. The van der Waals surface area contributed by atoms with E-state index in [0.29, 0.717) is 25.7 Å². The highest BCUT2D eigenvalue weighted by Gasteiger charge is 2.23. The molecular formula is C17H24ClFN2O2. The second kappa shape index (κ2) is 8.62. The van der Waals surface area contributed by atoms with Crippen molar-refractivity contribution in [2.24, 2.45) is 5.92 Å². The Morgan fingerprint density at radius 3 is 2.70 bits per heavy atom. The fraction of sp³-hybridized carbons (Fsp3) is 0.588. The van der Waals surface area contributed by atoms with Crippen molar-refractivity contribution in [3.05, 3.63) is 34.6 Å². The SMILES string of the molecule is CC(C)CC(CNC(=O)c1c(F)cccc1Cl)N1CCOCC1. The second-order valence-electron chi connectivity index (χ2n) is 6.24. The molecule has 23 heavy (non-hydrogen) atoms. The maximum absolute atomic E-state index is 13.8. The van der Waals surface area contributed by atoms with Crippen molar-refractivity contribution in [1.29, 1.82) is 0 Å². The molecule has 128 valence electrons. The summed E-state index contributed by atoms with van der Waals surface area (Å²) in [6.45, 7) is 7.92. The average molecular weight is 343 g/mol. The lowest BCUT2D eigenvalue weighted by Crippen LogP contribution is -2.49. The lowest BCUT2D eigenvalue weighted by Gasteiger charge is -2.35. The van der Waals surface area contributed by atoms with Crippen molar-refractivity contribution in [2.75, 3.05) is 32.8 Å². The highest BCUT2D eigenvalue weighted by Crippen LogP contribution is 2.19. The second-order valence-corrected chi connectivity index (χ2v) is 6.65. The molecule has 0 aliphatic carbocycles. The van der Waals surface area contributed by atoms with E-state index in [1.54, 1.807) is 0 Å². The van der Waals surface area contributed by atoms with E-state index in [4.69, 9.17) is 16.3 Å². The topological polar surface area (TPSA) is 41.6 Å². The molecule has 0 radical (unpaired) electrons. The normalized spacial score (nSPS) is 17.3. The number of nitrogens with one attached hydrogen (secondary N) is 1. The minimum Gasteiger partial charge on any atom is -0.379 e. The van der Waals surface area contributed by atoms with Crippen LogP contribution in [0.1, 0.15) is 30.6 Å². The van der Waals surface area contributed by atoms with Crippen LogP contribution in [-0.2, 0) is 4.74 Å². The zero-order chi connectivity index (χ0) is 16.8. The fourth-order valence-corrected chi connectivity index (χ4v) is 3.11. The molecule has 4 nitrogen and oxygen atoms in total. The molecule has 1 N–H and O–H groups in total. The molecule has 0 aromatic heterocycles. The standard InChI is InChI=1S/C17H24ClFN2O2/c1-12(2)10-13(21-6-8-23-9-7-21)11-20-17(22)16-14(18)4-3-5-15(16)19/h3-5,12-13H,6-11H2,1-2H3,(H,20,22). The number of morpholine rings is 1. The summed E-state index contributed by atoms with van der Waals surface area (Å²) in [6.07, 6.45) is 0.964. The Kier molecular flexibility index (Phi) is 6.81. The largest absolute Gasteiger partial charge is 0.379 e. The summed E-state index contributed by atoms with van der Waals surface area (Å²) in [5.74, 6) is -0.548. The number of halogens is 2. The summed E-state index contributed by atoms with van der Waals surface area (Å²) in [5.41, 5.74) is -0.0839. The summed E-state index contributed by atoms with van der Waals surface area (Å²) in [5, 5.41) is 2.97. The van der Waals surface area contributed by atoms with Gasteiger partial charge >= 0.3 is 0 Å². The monoisotopic (exact) mass is 342 g/mol. The maximum atomic E-state index is 13.8. The number of hydrogen-bond donors (Lipinski definition) is 1. The Morgan fingerprint density at radius 2 is 2.09 bits per heavy atom. The van der Waals surface area contributed by atoms with Crippen LogP contribution < -0.4 is 5.32 Å². The third-order valence-corrected chi connectivity index (χ3v) is 4.31. The zero-order valence-corrected chi connectivity index (χ0v) is 14.4. The van der Waals surface area contributed by atoms with Crippen LogP contribution in [0.5, 0.6) is 0 Å². The van der Waals surface area contributed by atoms with Gasteiger partial charge in [0.2, 0.25) is 0 Å². The van der Waals surface area contributed by atoms with Crippen molar-refractivity contribution in [3.63, 3.8) is 0 Å². The number of carbonyl (C=O) groups is 1. The Hall–Kier alpha value is -1.17. The third kappa shape index (κ3) is 5.16. The van der Waals surface area contributed by atoms with Gasteiger partial charge in [0.15, 0.2) is 0 Å². The van der Waals surface area contributed by atoms with E-state index in [1.807, 2.05) is 0 Å². The average Bonchev–Trinajstić information content (AvgIpc) is 2.51. The first-order valence-electron chi connectivity index (χ1n) is 8.03. The summed E-state index contributed by atoms with van der Waals surface area (Å²) in [4.78, 5) is 14.6. The summed E-state index contributed by atoms with van der Waals surface area (Å²) >= 11 is 5.94. The van der Waals surface area contributed by atoms with E-state index in [1.165, 1.54) is 18.2 Å². The molecule has 6 heteroatoms. The summed E-state index contributed by atoms with van der Waals surface area (Å²) < 4.78 is 19.2. The Morgan fingerprint density at radius 1 is 1.39 bits per heavy atom. The minimum absolute atomic E-state index is 0.0839. The lowest BCUT2D eigenvalue weighted by molar-refractivity contribution is 0.0124. The van der Waals surface area contributed by atoms with Crippen LogP contribution in [0.25, 0.3) is 0 Å². The van der Waals surface area contributed by atoms with Gasteiger partial charge in [0.25, 0.3) is 5.91 Å². The van der Waals surface area contributed by atoms with Gasteiger partial charge in [0.05, 0.1) is 23.8 Å². The van der Waals surface area contributed by atoms with Gasteiger partial charge < -0.3 is 10.1 Å². The van der Waals surface area contributed by atoms with Crippen molar-refractivity contribution in [2.45, 2.75) is 26.3 Å².